The Balaban J connectivity index is 0.00000625. The molecule has 0 aromatic heterocycles. The number of carbonyl (C=O) groups is 2. The minimum absolute atomic E-state index is 0. The van der Waals surface area contributed by atoms with Crippen molar-refractivity contribution in [2.24, 2.45) is 4.99 Å². The van der Waals surface area contributed by atoms with Crippen LogP contribution in [0.25, 0.3) is 0 Å². The molecule has 0 aliphatic heterocycles. The maximum absolute atomic E-state index is 12.0. The zero-order chi connectivity index (χ0) is 18.7. The molecule has 0 radical (unpaired) electrons. The first-order valence-electron chi connectivity index (χ1n) is 8.51. The van der Waals surface area contributed by atoms with Crippen LogP contribution in [0.5, 0.6) is 0 Å². The lowest BCUT2D eigenvalue weighted by atomic mass is 10.1. The molecule has 2 amide bonds. The molecule has 0 atom stereocenters. The highest BCUT2D eigenvalue weighted by molar-refractivity contribution is 14.0. The number of benzene rings is 1. The molecule has 0 bridgehead atoms. The number of aliphatic imine (C=N–C) groups is 1. The van der Waals surface area contributed by atoms with Crippen LogP contribution in [-0.4, -0.2) is 62.9 Å². The summed E-state index contributed by atoms with van der Waals surface area (Å²) in [6, 6.07) is 7.63. The van der Waals surface area contributed by atoms with Crippen molar-refractivity contribution >= 4 is 41.8 Å². The average Bonchev–Trinajstić information content (AvgIpc) is 2.58. The minimum atomic E-state index is -0.0455. The molecular formula is C18H30IN5O2. The number of nitrogens with one attached hydrogen (secondary N) is 3. The van der Waals surface area contributed by atoms with Crippen molar-refractivity contribution in [3.63, 3.8) is 0 Å². The predicted octanol–water partition coefficient (Wildman–Crippen LogP) is 1.24. The summed E-state index contributed by atoms with van der Waals surface area (Å²) in [6.07, 6.45) is 0.747. The molecule has 1 rings (SSSR count). The molecule has 7 nitrogen and oxygen atoms in total. The topological polar surface area (TPSA) is 85.8 Å². The van der Waals surface area contributed by atoms with E-state index < -0.39 is 0 Å². The summed E-state index contributed by atoms with van der Waals surface area (Å²) in [5.74, 6) is 0.669. The summed E-state index contributed by atoms with van der Waals surface area (Å²) in [6.45, 7) is 6.02. The smallest absolute Gasteiger partial charge is 0.253 e. The van der Waals surface area contributed by atoms with Crippen LogP contribution >= 0.6 is 24.0 Å². The van der Waals surface area contributed by atoms with Gasteiger partial charge in [-0.1, -0.05) is 12.1 Å². The third kappa shape index (κ3) is 9.59. The van der Waals surface area contributed by atoms with Gasteiger partial charge in [-0.05, 0) is 31.0 Å². The third-order valence-corrected chi connectivity index (χ3v) is 3.39. The van der Waals surface area contributed by atoms with Crippen LogP contribution in [0.4, 0.5) is 0 Å². The van der Waals surface area contributed by atoms with Crippen molar-refractivity contribution in [2.75, 3.05) is 40.3 Å². The van der Waals surface area contributed by atoms with Gasteiger partial charge in [-0.3, -0.25) is 14.6 Å². The molecule has 3 N–H and O–H groups in total. The normalized spacial score (nSPS) is 10.5. The molecule has 0 spiro atoms. The van der Waals surface area contributed by atoms with E-state index in [0.29, 0.717) is 31.2 Å². The zero-order valence-corrected chi connectivity index (χ0v) is 18.3. The number of hydrogen-bond donors (Lipinski definition) is 3. The van der Waals surface area contributed by atoms with E-state index in [2.05, 4.69) is 20.9 Å². The van der Waals surface area contributed by atoms with Gasteiger partial charge < -0.3 is 20.9 Å². The highest BCUT2D eigenvalue weighted by Gasteiger charge is 2.08. The molecule has 0 saturated carbocycles. The van der Waals surface area contributed by atoms with Crippen molar-refractivity contribution in [1.82, 2.24) is 20.9 Å². The molecule has 1 aromatic carbocycles. The van der Waals surface area contributed by atoms with Gasteiger partial charge in [0.25, 0.3) is 5.91 Å². The molecule has 0 unspecified atom stereocenters. The van der Waals surface area contributed by atoms with E-state index in [1.165, 1.54) is 6.92 Å². The number of amides is 2. The summed E-state index contributed by atoms with van der Waals surface area (Å²) >= 11 is 0. The van der Waals surface area contributed by atoms with E-state index in [4.69, 9.17) is 0 Å². The predicted molar refractivity (Wildman–Crippen MR) is 116 cm³/mol. The molecule has 0 aliphatic rings. The van der Waals surface area contributed by atoms with Gasteiger partial charge in [-0.2, -0.15) is 0 Å². The Bertz CT molecular complexity index is 605. The van der Waals surface area contributed by atoms with Crippen molar-refractivity contribution in [3.05, 3.63) is 35.4 Å². The van der Waals surface area contributed by atoms with Crippen molar-refractivity contribution in [3.8, 4) is 0 Å². The number of carbonyl (C=O) groups excluding carboxylic acids is 2. The van der Waals surface area contributed by atoms with Crippen LogP contribution in [0, 0.1) is 0 Å². The molecule has 0 heterocycles. The Labute approximate surface area is 173 Å². The molecule has 0 saturated heterocycles. The number of nitrogens with zero attached hydrogens (tertiary/aromatic N) is 2. The molecule has 26 heavy (non-hydrogen) atoms. The SMILES string of the molecule is CCNC(=NCCc1cccc(C(=O)N(C)C)c1)NCCNC(C)=O.I. The fourth-order valence-corrected chi connectivity index (χ4v) is 2.18. The second-order valence-electron chi connectivity index (χ2n) is 5.82. The zero-order valence-electron chi connectivity index (χ0n) is 16.0. The second kappa shape index (κ2) is 13.4. The summed E-state index contributed by atoms with van der Waals surface area (Å²) in [7, 11) is 3.49. The summed E-state index contributed by atoms with van der Waals surface area (Å²) < 4.78 is 0. The van der Waals surface area contributed by atoms with Crippen LogP contribution in [0.1, 0.15) is 29.8 Å². The van der Waals surface area contributed by atoms with Crippen LogP contribution < -0.4 is 16.0 Å². The first-order chi connectivity index (χ1) is 11.9. The highest BCUT2D eigenvalue weighted by atomic mass is 127. The van der Waals surface area contributed by atoms with Gasteiger partial charge in [0.2, 0.25) is 5.91 Å². The maximum atomic E-state index is 12.0. The second-order valence-corrected chi connectivity index (χ2v) is 5.82. The Kier molecular flexibility index (Phi) is 12.4. The van der Waals surface area contributed by atoms with Gasteiger partial charge in [-0.25, -0.2) is 0 Å². The highest BCUT2D eigenvalue weighted by Crippen LogP contribution is 2.08. The van der Waals surface area contributed by atoms with Gasteiger partial charge in [0.1, 0.15) is 0 Å². The number of rotatable bonds is 8. The van der Waals surface area contributed by atoms with E-state index in [9.17, 15) is 9.59 Å². The molecule has 0 aliphatic carbocycles. The van der Waals surface area contributed by atoms with Crippen LogP contribution in [0.2, 0.25) is 0 Å². The van der Waals surface area contributed by atoms with E-state index in [1.807, 2.05) is 31.2 Å². The van der Waals surface area contributed by atoms with Crippen LogP contribution in [-0.2, 0) is 11.2 Å². The first kappa shape index (κ1) is 24.2. The quantitative estimate of drug-likeness (QED) is 0.229. The summed E-state index contributed by atoms with van der Waals surface area (Å²) in [5.41, 5.74) is 1.76. The Hall–Kier alpha value is -1.84. The van der Waals surface area contributed by atoms with Crippen molar-refractivity contribution < 1.29 is 9.59 Å². The van der Waals surface area contributed by atoms with E-state index >= 15 is 0 Å². The average molecular weight is 475 g/mol. The number of guanidine groups is 1. The molecule has 0 fully saturated rings. The largest absolute Gasteiger partial charge is 0.357 e. The Morgan fingerprint density at radius 3 is 2.42 bits per heavy atom. The fraction of sp³-hybridized carbons (Fsp3) is 0.500. The fourth-order valence-electron chi connectivity index (χ4n) is 2.18. The maximum Gasteiger partial charge on any atom is 0.253 e. The summed E-state index contributed by atoms with van der Waals surface area (Å²) in [4.78, 5) is 28.9. The Morgan fingerprint density at radius 2 is 1.81 bits per heavy atom. The van der Waals surface area contributed by atoms with Gasteiger partial charge in [0, 0.05) is 52.8 Å². The lowest BCUT2D eigenvalue weighted by Gasteiger charge is -2.12. The van der Waals surface area contributed by atoms with E-state index in [1.54, 1.807) is 19.0 Å². The van der Waals surface area contributed by atoms with E-state index in [-0.39, 0.29) is 35.8 Å². The molecule has 146 valence electrons. The Morgan fingerprint density at radius 1 is 1.12 bits per heavy atom. The molecule has 8 heteroatoms. The minimum Gasteiger partial charge on any atom is -0.357 e. The van der Waals surface area contributed by atoms with Crippen molar-refractivity contribution in [2.45, 2.75) is 20.3 Å². The lowest BCUT2D eigenvalue weighted by Crippen LogP contribution is -2.41. The van der Waals surface area contributed by atoms with Crippen molar-refractivity contribution in [1.29, 1.82) is 0 Å². The van der Waals surface area contributed by atoms with Gasteiger partial charge in [-0.15, -0.1) is 24.0 Å². The van der Waals surface area contributed by atoms with E-state index in [0.717, 1.165) is 18.5 Å². The lowest BCUT2D eigenvalue weighted by molar-refractivity contribution is -0.118. The monoisotopic (exact) mass is 475 g/mol. The first-order valence-corrected chi connectivity index (χ1v) is 8.51. The molecule has 1 aromatic rings. The van der Waals surface area contributed by atoms with Gasteiger partial charge in [0.05, 0.1) is 0 Å². The van der Waals surface area contributed by atoms with Gasteiger partial charge >= 0.3 is 0 Å². The molecular weight excluding hydrogens is 445 g/mol. The van der Waals surface area contributed by atoms with Crippen LogP contribution in [0.15, 0.2) is 29.3 Å². The standard InChI is InChI=1S/C18H29N5O2.HI/c1-5-19-18(22-12-11-20-14(2)24)21-10-9-15-7-6-8-16(13-15)17(25)23(3)4;/h6-8,13H,5,9-12H2,1-4H3,(H,20,24)(H2,19,21,22);1H. The summed E-state index contributed by atoms with van der Waals surface area (Å²) in [5, 5.41) is 9.07. The third-order valence-electron chi connectivity index (χ3n) is 3.39. The number of hydrogen-bond acceptors (Lipinski definition) is 3. The van der Waals surface area contributed by atoms with Crippen LogP contribution in [0.3, 0.4) is 0 Å². The number of halogens is 1. The van der Waals surface area contributed by atoms with Gasteiger partial charge in [0.15, 0.2) is 5.96 Å².